The first-order valence-electron chi connectivity index (χ1n) is 6.89. The molecular weight excluding hydrogens is 278 g/mol. The minimum atomic E-state index is -0.144. The van der Waals surface area contributed by atoms with Crippen LogP contribution in [0.15, 0.2) is 54.6 Å². The van der Waals surface area contributed by atoms with E-state index in [1.807, 2.05) is 18.2 Å². The largest absolute Gasteiger partial charge is 0.497 e. The molecule has 22 heavy (non-hydrogen) atoms. The van der Waals surface area contributed by atoms with Crippen LogP contribution >= 0.6 is 0 Å². The number of carbonyl (C=O) groups is 2. The van der Waals surface area contributed by atoms with Gasteiger partial charge in [-0.05, 0) is 30.3 Å². The number of carbonyl (C=O) groups excluding carboxylic acids is 2. The molecule has 0 aromatic heterocycles. The Bertz CT molecular complexity index is 775. The van der Waals surface area contributed by atoms with Crippen LogP contribution in [0.5, 0.6) is 5.75 Å². The Hall–Kier alpha value is -2.88. The average molecular weight is 293 g/mol. The Morgan fingerprint density at radius 1 is 1.05 bits per heavy atom. The van der Waals surface area contributed by atoms with Gasteiger partial charge in [0.25, 0.3) is 5.91 Å². The van der Waals surface area contributed by atoms with Crippen LogP contribution in [0.2, 0.25) is 0 Å². The highest BCUT2D eigenvalue weighted by atomic mass is 16.5. The van der Waals surface area contributed by atoms with Crippen molar-refractivity contribution in [3.63, 3.8) is 0 Å². The number of rotatable bonds is 3. The summed E-state index contributed by atoms with van der Waals surface area (Å²) in [5, 5.41) is 0. The van der Waals surface area contributed by atoms with Crippen molar-refractivity contribution >= 4 is 17.4 Å². The van der Waals surface area contributed by atoms with E-state index < -0.39 is 0 Å². The van der Waals surface area contributed by atoms with E-state index >= 15 is 0 Å². The standard InChI is InChI=1S/C18H15NO3/c1-19-16(14-5-3-4-6-15(14)18(19)21)11-17(20)12-7-9-13(22-2)10-8-12/h3-11H,1-2H3/b16-11-. The zero-order valence-corrected chi connectivity index (χ0v) is 12.4. The number of nitrogens with zero attached hydrogens (tertiary/aromatic N) is 1. The molecule has 0 saturated carbocycles. The summed E-state index contributed by atoms with van der Waals surface area (Å²) in [5.74, 6) is 0.459. The molecule has 0 bridgehead atoms. The van der Waals surface area contributed by atoms with Gasteiger partial charge < -0.3 is 9.64 Å². The van der Waals surface area contributed by atoms with Gasteiger partial charge in [0.2, 0.25) is 0 Å². The molecule has 0 atom stereocenters. The van der Waals surface area contributed by atoms with Crippen molar-refractivity contribution in [1.82, 2.24) is 4.90 Å². The molecule has 0 fully saturated rings. The van der Waals surface area contributed by atoms with Gasteiger partial charge in [-0.3, -0.25) is 9.59 Å². The summed E-state index contributed by atoms with van der Waals surface area (Å²) in [5.41, 5.74) is 2.59. The Labute approximate surface area is 128 Å². The van der Waals surface area contributed by atoms with Gasteiger partial charge in [0.1, 0.15) is 5.75 Å². The summed E-state index contributed by atoms with van der Waals surface area (Å²) in [6, 6.07) is 14.2. The van der Waals surface area contributed by atoms with E-state index in [9.17, 15) is 9.59 Å². The molecule has 0 saturated heterocycles. The summed E-state index contributed by atoms with van der Waals surface area (Å²) in [4.78, 5) is 26.1. The Kier molecular flexibility index (Phi) is 3.51. The fourth-order valence-electron chi connectivity index (χ4n) is 2.50. The molecule has 4 nitrogen and oxygen atoms in total. The molecule has 2 aromatic carbocycles. The van der Waals surface area contributed by atoms with Gasteiger partial charge in [-0.1, -0.05) is 18.2 Å². The fraction of sp³-hybridized carbons (Fsp3) is 0.111. The number of benzene rings is 2. The number of allylic oxidation sites excluding steroid dienone is 1. The van der Waals surface area contributed by atoms with Gasteiger partial charge >= 0.3 is 0 Å². The molecule has 1 amide bonds. The van der Waals surface area contributed by atoms with Crippen molar-refractivity contribution in [1.29, 1.82) is 0 Å². The Morgan fingerprint density at radius 3 is 2.32 bits per heavy atom. The smallest absolute Gasteiger partial charge is 0.258 e. The number of hydrogen-bond donors (Lipinski definition) is 0. The van der Waals surface area contributed by atoms with Crippen molar-refractivity contribution in [3.8, 4) is 5.75 Å². The molecule has 0 radical (unpaired) electrons. The van der Waals surface area contributed by atoms with Crippen LogP contribution in [0.3, 0.4) is 0 Å². The molecule has 4 heteroatoms. The molecule has 110 valence electrons. The van der Waals surface area contributed by atoms with Crippen LogP contribution in [0.4, 0.5) is 0 Å². The van der Waals surface area contributed by atoms with Crippen LogP contribution < -0.4 is 4.74 Å². The SMILES string of the molecule is COc1ccc(C(=O)/C=C2/c3ccccc3C(=O)N2C)cc1. The van der Waals surface area contributed by atoms with E-state index in [2.05, 4.69) is 0 Å². The predicted molar refractivity (Wildman–Crippen MR) is 83.8 cm³/mol. The first-order valence-corrected chi connectivity index (χ1v) is 6.89. The lowest BCUT2D eigenvalue weighted by molar-refractivity contribution is 0.0874. The summed E-state index contributed by atoms with van der Waals surface area (Å²) in [7, 11) is 3.25. The van der Waals surface area contributed by atoms with E-state index in [-0.39, 0.29) is 11.7 Å². The monoisotopic (exact) mass is 293 g/mol. The average Bonchev–Trinajstić information content (AvgIpc) is 2.80. The summed E-state index contributed by atoms with van der Waals surface area (Å²) >= 11 is 0. The van der Waals surface area contributed by atoms with E-state index in [4.69, 9.17) is 4.74 Å². The van der Waals surface area contributed by atoms with Gasteiger partial charge in [-0.2, -0.15) is 0 Å². The van der Waals surface area contributed by atoms with Crippen LogP contribution in [0, 0.1) is 0 Å². The van der Waals surface area contributed by atoms with Crippen LogP contribution in [0.1, 0.15) is 26.3 Å². The molecule has 0 unspecified atom stereocenters. The number of methoxy groups -OCH3 is 1. The number of amides is 1. The molecule has 1 heterocycles. The molecule has 3 rings (SSSR count). The molecule has 0 aliphatic carbocycles. The maximum Gasteiger partial charge on any atom is 0.258 e. The second-order valence-electron chi connectivity index (χ2n) is 5.03. The predicted octanol–water partition coefficient (Wildman–Crippen LogP) is 3.00. The number of hydrogen-bond acceptors (Lipinski definition) is 3. The van der Waals surface area contributed by atoms with Crippen molar-refractivity contribution in [2.24, 2.45) is 0 Å². The van der Waals surface area contributed by atoms with Gasteiger partial charge in [0.15, 0.2) is 5.78 Å². The number of ether oxygens (including phenoxy) is 1. The van der Waals surface area contributed by atoms with Crippen LogP contribution in [-0.2, 0) is 0 Å². The summed E-state index contributed by atoms with van der Waals surface area (Å²) in [6.45, 7) is 0. The van der Waals surface area contributed by atoms with Crippen molar-refractivity contribution < 1.29 is 14.3 Å². The van der Waals surface area contributed by atoms with Gasteiger partial charge in [-0.15, -0.1) is 0 Å². The summed E-state index contributed by atoms with van der Waals surface area (Å²) in [6.07, 6.45) is 1.51. The topological polar surface area (TPSA) is 46.6 Å². The quantitative estimate of drug-likeness (QED) is 0.645. The third-order valence-electron chi connectivity index (χ3n) is 3.74. The maximum atomic E-state index is 12.4. The lowest BCUT2D eigenvalue weighted by Gasteiger charge is -2.11. The van der Waals surface area contributed by atoms with E-state index in [1.54, 1.807) is 44.5 Å². The fourth-order valence-corrected chi connectivity index (χ4v) is 2.50. The lowest BCUT2D eigenvalue weighted by Crippen LogP contribution is -2.17. The van der Waals surface area contributed by atoms with Crippen LogP contribution in [0.25, 0.3) is 5.70 Å². The number of ketones is 1. The van der Waals surface area contributed by atoms with Gasteiger partial charge in [-0.25, -0.2) is 0 Å². The second-order valence-corrected chi connectivity index (χ2v) is 5.03. The van der Waals surface area contributed by atoms with Crippen molar-refractivity contribution in [2.75, 3.05) is 14.2 Å². The van der Waals surface area contributed by atoms with E-state index in [1.165, 1.54) is 11.0 Å². The normalized spacial score (nSPS) is 15.1. The second kappa shape index (κ2) is 5.48. The molecule has 2 aromatic rings. The lowest BCUT2D eigenvalue weighted by atomic mass is 10.1. The molecule has 0 spiro atoms. The Morgan fingerprint density at radius 2 is 1.68 bits per heavy atom. The zero-order chi connectivity index (χ0) is 15.7. The van der Waals surface area contributed by atoms with Crippen molar-refractivity contribution in [3.05, 3.63) is 71.3 Å². The Balaban J connectivity index is 1.97. The highest BCUT2D eigenvalue weighted by Crippen LogP contribution is 2.31. The molecular formula is C18H15NO3. The van der Waals surface area contributed by atoms with Crippen molar-refractivity contribution in [2.45, 2.75) is 0 Å². The third-order valence-corrected chi connectivity index (χ3v) is 3.74. The van der Waals surface area contributed by atoms with Gasteiger partial charge in [0.05, 0.1) is 12.8 Å². The third kappa shape index (κ3) is 2.29. The first kappa shape index (κ1) is 14.1. The summed E-state index contributed by atoms with van der Waals surface area (Å²) < 4.78 is 5.08. The molecule has 1 aliphatic rings. The van der Waals surface area contributed by atoms with E-state index in [0.717, 1.165) is 5.56 Å². The molecule has 0 N–H and O–H groups in total. The highest BCUT2D eigenvalue weighted by molar-refractivity contribution is 6.15. The number of fused-ring (bicyclic) bond motifs is 1. The van der Waals surface area contributed by atoms with Crippen LogP contribution in [-0.4, -0.2) is 30.7 Å². The minimum Gasteiger partial charge on any atom is -0.497 e. The maximum absolute atomic E-state index is 12.4. The first-order chi connectivity index (χ1) is 10.6. The minimum absolute atomic E-state index is 0.0932. The zero-order valence-electron chi connectivity index (χ0n) is 12.4. The molecule has 1 aliphatic heterocycles. The highest BCUT2D eigenvalue weighted by Gasteiger charge is 2.29. The van der Waals surface area contributed by atoms with E-state index in [0.29, 0.717) is 22.6 Å². The van der Waals surface area contributed by atoms with Gasteiger partial charge in [0, 0.05) is 29.8 Å².